The molecule has 0 aliphatic rings. The number of aryl methyl sites for hydroxylation is 2. The van der Waals surface area contributed by atoms with Crippen LogP contribution in [0.5, 0.6) is 0 Å². The minimum absolute atomic E-state index is 0.101. The van der Waals surface area contributed by atoms with Gasteiger partial charge in [-0.15, -0.1) is 0 Å². The Kier molecular flexibility index (Phi) is 5.37. The molecule has 0 saturated heterocycles. The first-order chi connectivity index (χ1) is 11.0. The monoisotopic (exact) mass is 307 g/mol. The fourth-order valence-electron chi connectivity index (χ4n) is 2.32. The lowest BCUT2D eigenvalue weighted by Crippen LogP contribution is -2.27. The summed E-state index contributed by atoms with van der Waals surface area (Å²) in [6.45, 7) is 4.02. The Balaban J connectivity index is 2.11. The van der Waals surface area contributed by atoms with Gasteiger partial charge < -0.3 is 9.88 Å². The zero-order valence-electron chi connectivity index (χ0n) is 13.7. The van der Waals surface area contributed by atoms with E-state index in [0.29, 0.717) is 0 Å². The van der Waals surface area contributed by atoms with Crippen LogP contribution in [-0.2, 0) is 18.3 Å². The number of nitrogens with zero attached hydrogens (tertiary/aromatic N) is 2. The summed E-state index contributed by atoms with van der Waals surface area (Å²) in [6, 6.07) is 13.7. The summed E-state index contributed by atoms with van der Waals surface area (Å²) in [5, 5.41) is 12.1. The van der Waals surface area contributed by atoms with Gasteiger partial charge in [0, 0.05) is 18.9 Å². The smallest absolute Gasteiger partial charge is 0.262 e. The normalized spacial score (nSPS) is 12.5. The van der Waals surface area contributed by atoms with Crippen LogP contribution in [0.15, 0.2) is 48.2 Å². The Bertz CT molecular complexity index is 748. The predicted molar refractivity (Wildman–Crippen MR) is 91.4 cm³/mol. The summed E-state index contributed by atoms with van der Waals surface area (Å²) < 4.78 is 1.86. The molecule has 0 aliphatic heterocycles. The van der Waals surface area contributed by atoms with E-state index in [9.17, 15) is 10.1 Å². The maximum atomic E-state index is 12.3. The van der Waals surface area contributed by atoms with Gasteiger partial charge in [-0.05, 0) is 42.7 Å². The van der Waals surface area contributed by atoms with Crippen LogP contribution in [-0.4, -0.2) is 10.5 Å². The van der Waals surface area contributed by atoms with Crippen LogP contribution in [0.3, 0.4) is 0 Å². The van der Waals surface area contributed by atoms with Crippen molar-refractivity contribution in [1.29, 1.82) is 5.26 Å². The number of hydrogen-bond donors (Lipinski definition) is 1. The second-order valence-electron chi connectivity index (χ2n) is 5.50. The molecular formula is C19H21N3O. The highest BCUT2D eigenvalue weighted by Crippen LogP contribution is 2.15. The quantitative estimate of drug-likeness (QED) is 0.680. The fraction of sp³-hybridized carbons (Fsp3) is 0.263. The van der Waals surface area contributed by atoms with Crippen molar-refractivity contribution in [2.45, 2.75) is 26.3 Å². The number of nitrogens with one attached hydrogen (secondary N) is 1. The van der Waals surface area contributed by atoms with E-state index in [4.69, 9.17) is 0 Å². The average Bonchev–Trinajstić information content (AvgIpc) is 2.97. The van der Waals surface area contributed by atoms with Gasteiger partial charge in [-0.1, -0.05) is 31.2 Å². The molecule has 2 aromatic rings. The zero-order chi connectivity index (χ0) is 16.8. The number of amides is 1. The fourth-order valence-corrected chi connectivity index (χ4v) is 2.32. The largest absolute Gasteiger partial charge is 0.351 e. The first-order valence-electron chi connectivity index (χ1n) is 7.68. The highest BCUT2D eigenvalue weighted by molar-refractivity contribution is 6.01. The molecule has 1 N–H and O–H groups in total. The third-order valence-corrected chi connectivity index (χ3v) is 3.88. The number of aromatic nitrogens is 1. The summed E-state index contributed by atoms with van der Waals surface area (Å²) in [5.74, 6) is -0.360. The minimum atomic E-state index is -0.360. The first kappa shape index (κ1) is 16.6. The molecule has 1 atom stereocenters. The molecule has 1 unspecified atom stereocenters. The number of nitriles is 1. The number of rotatable bonds is 5. The van der Waals surface area contributed by atoms with Crippen molar-refractivity contribution in [3.8, 4) is 6.07 Å². The number of benzene rings is 1. The van der Waals surface area contributed by atoms with E-state index >= 15 is 0 Å². The molecule has 4 nitrogen and oxygen atoms in total. The minimum Gasteiger partial charge on any atom is -0.351 e. The standard InChI is InChI=1S/C19H21N3O/c1-4-15-7-9-16(10-8-15)14(2)21-19(23)17(13-20)12-18-6-5-11-22(18)3/h5-12,14H,4H2,1-3H3,(H,21,23)/b17-12+. The van der Waals surface area contributed by atoms with Crippen molar-refractivity contribution < 1.29 is 4.79 Å². The van der Waals surface area contributed by atoms with Gasteiger partial charge in [0.15, 0.2) is 0 Å². The molecule has 0 aliphatic carbocycles. The molecule has 1 aromatic heterocycles. The molecule has 0 fully saturated rings. The van der Waals surface area contributed by atoms with E-state index in [1.165, 1.54) is 5.56 Å². The highest BCUT2D eigenvalue weighted by atomic mass is 16.1. The molecule has 23 heavy (non-hydrogen) atoms. The van der Waals surface area contributed by atoms with E-state index in [2.05, 4.69) is 24.4 Å². The van der Waals surface area contributed by atoms with Gasteiger partial charge >= 0.3 is 0 Å². The Morgan fingerprint density at radius 3 is 2.57 bits per heavy atom. The maximum Gasteiger partial charge on any atom is 0.262 e. The molecule has 4 heteroatoms. The highest BCUT2D eigenvalue weighted by Gasteiger charge is 2.14. The van der Waals surface area contributed by atoms with Crippen molar-refractivity contribution >= 4 is 12.0 Å². The second kappa shape index (κ2) is 7.46. The number of carbonyl (C=O) groups is 1. The van der Waals surface area contributed by atoms with Crippen LogP contribution in [0.4, 0.5) is 0 Å². The van der Waals surface area contributed by atoms with Gasteiger partial charge in [0.2, 0.25) is 0 Å². The number of carbonyl (C=O) groups excluding carboxylic acids is 1. The summed E-state index contributed by atoms with van der Waals surface area (Å²) in [6.07, 6.45) is 4.46. The van der Waals surface area contributed by atoms with Gasteiger partial charge in [0.25, 0.3) is 5.91 Å². The van der Waals surface area contributed by atoms with E-state index < -0.39 is 0 Å². The maximum absolute atomic E-state index is 12.3. The van der Waals surface area contributed by atoms with E-state index in [-0.39, 0.29) is 17.5 Å². The van der Waals surface area contributed by atoms with Crippen LogP contribution in [0.2, 0.25) is 0 Å². The summed E-state index contributed by atoms with van der Waals surface area (Å²) in [7, 11) is 1.87. The summed E-state index contributed by atoms with van der Waals surface area (Å²) in [4.78, 5) is 12.3. The first-order valence-corrected chi connectivity index (χ1v) is 7.68. The lowest BCUT2D eigenvalue weighted by Gasteiger charge is -2.14. The molecular weight excluding hydrogens is 286 g/mol. The molecule has 118 valence electrons. The van der Waals surface area contributed by atoms with Crippen molar-refractivity contribution in [2.24, 2.45) is 7.05 Å². The SMILES string of the molecule is CCc1ccc(C(C)NC(=O)/C(C#N)=C/c2cccn2C)cc1. The molecule has 1 aromatic carbocycles. The van der Waals surface area contributed by atoms with Gasteiger partial charge in [0.1, 0.15) is 11.6 Å². The number of hydrogen-bond acceptors (Lipinski definition) is 2. The Hall–Kier alpha value is -2.80. The Morgan fingerprint density at radius 1 is 1.35 bits per heavy atom. The van der Waals surface area contributed by atoms with Crippen molar-refractivity contribution in [3.63, 3.8) is 0 Å². The van der Waals surface area contributed by atoms with Crippen molar-refractivity contribution in [3.05, 3.63) is 65.0 Å². The van der Waals surface area contributed by atoms with Crippen LogP contribution < -0.4 is 5.32 Å². The molecule has 0 radical (unpaired) electrons. The Morgan fingerprint density at radius 2 is 2.04 bits per heavy atom. The summed E-state index contributed by atoms with van der Waals surface area (Å²) >= 11 is 0. The summed E-state index contributed by atoms with van der Waals surface area (Å²) in [5.41, 5.74) is 3.20. The van der Waals surface area contributed by atoms with E-state index in [0.717, 1.165) is 17.7 Å². The van der Waals surface area contributed by atoms with Gasteiger partial charge in [-0.2, -0.15) is 5.26 Å². The molecule has 0 saturated carbocycles. The van der Waals surface area contributed by atoms with Gasteiger partial charge in [0.05, 0.1) is 6.04 Å². The van der Waals surface area contributed by atoms with Crippen molar-refractivity contribution in [1.82, 2.24) is 9.88 Å². The molecule has 0 spiro atoms. The lowest BCUT2D eigenvalue weighted by atomic mass is 10.0. The average molecular weight is 307 g/mol. The van der Waals surface area contributed by atoms with Crippen molar-refractivity contribution in [2.75, 3.05) is 0 Å². The third kappa shape index (κ3) is 4.10. The van der Waals surface area contributed by atoms with Crippen LogP contribution in [0.1, 0.15) is 36.7 Å². The molecule has 1 amide bonds. The van der Waals surface area contributed by atoms with Crippen LogP contribution >= 0.6 is 0 Å². The Labute approximate surface area is 137 Å². The molecule has 1 heterocycles. The van der Waals surface area contributed by atoms with E-state index in [1.54, 1.807) is 6.08 Å². The lowest BCUT2D eigenvalue weighted by molar-refractivity contribution is -0.117. The predicted octanol–water partition coefficient (Wildman–Crippen LogP) is 3.37. The van der Waals surface area contributed by atoms with Crippen LogP contribution in [0, 0.1) is 11.3 Å². The molecule has 2 rings (SSSR count). The topological polar surface area (TPSA) is 57.8 Å². The van der Waals surface area contributed by atoms with Gasteiger partial charge in [-0.3, -0.25) is 4.79 Å². The molecule has 0 bridgehead atoms. The van der Waals surface area contributed by atoms with Gasteiger partial charge in [-0.25, -0.2) is 0 Å². The third-order valence-electron chi connectivity index (χ3n) is 3.88. The van der Waals surface area contributed by atoms with E-state index in [1.807, 2.05) is 55.1 Å². The second-order valence-corrected chi connectivity index (χ2v) is 5.50. The van der Waals surface area contributed by atoms with Crippen LogP contribution in [0.25, 0.3) is 6.08 Å². The zero-order valence-corrected chi connectivity index (χ0v) is 13.7.